The van der Waals surface area contributed by atoms with Crippen molar-refractivity contribution < 1.29 is 36.7 Å². The number of alkyl halides is 3. The first-order chi connectivity index (χ1) is 11.2. The summed E-state index contributed by atoms with van der Waals surface area (Å²) in [5.74, 6) is -3.43. The normalized spacial score (nSPS) is 13.5. The Morgan fingerprint density at radius 3 is 2.67 bits per heavy atom. The van der Waals surface area contributed by atoms with Gasteiger partial charge in [-0.3, -0.25) is 14.6 Å². The Hall–Kier alpha value is -2.97. The fourth-order valence-electron chi connectivity index (χ4n) is 2.40. The molecule has 0 saturated heterocycles. The van der Waals surface area contributed by atoms with Gasteiger partial charge in [-0.15, -0.1) is 0 Å². The summed E-state index contributed by atoms with van der Waals surface area (Å²) in [6.45, 7) is -0.566. The molecule has 0 aliphatic heterocycles. The Labute approximate surface area is 132 Å². The summed E-state index contributed by atoms with van der Waals surface area (Å²) in [6, 6.07) is 2.81. The molecular weight excluding hydrogens is 331 g/mol. The molecule has 124 valence electrons. The van der Waals surface area contributed by atoms with E-state index in [1.54, 1.807) is 0 Å². The van der Waals surface area contributed by atoms with Crippen LogP contribution in [-0.2, 0) is 4.74 Å². The largest absolute Gasteiger partial charge is 0.456 e. The first-order valence-corrected chi connectivity index (χ1v) is 6.62. The molecule has 24 heavy (non-hydrogen) atoms. The molecule has 0 saturated carbocycles. The smallest absolute Gasteiger partial charge is 0.422 e. The van der Waals surface area contributed by atoms with Crippen LogP contribution in [0, 0.1) is 6.92 Å². The highest BCUT2D eigenvalue weighted by Crippen LogP contribution is 2.33. The molecule has 0 N–H and O–H groups in total. The van der Waals surface area contributed by atoms with E-state index in [2.05, 4.69) is 9.72 Å². The fourth-order valence-corrected chi connectivity index (χ4v) is 2.40. The van der Waals surface area contributed by atoms with Crippen molar-refractivity contribution in [3.8, 4) is 0 Å². The van der Waals surface area contributed by atoms with E-state index in [1.807, 2.05) is 0 Å². The molecule has 0 amide bonds. The Morgan fingerprint density at radius 2 is 2.00 bits per heavy atom. The lowest BCUT2D eigenvalue weighted by Crippen LogP contribution is -2.25. The van der Waals surface area contributed by atoms with E-state index in [9.17, 15) is 27.6 Å². The van der Waals surface area contributed by atoms with Crippen LogP contribution in [0.15, 0.2) is 22.7 Å². The van der Waals surface area contributed by atoms with Crippen molar-refractivity contribution in [1.82, 2.24) is 4.98 Å². The van der Waals surface area contributed by atoms with Crippen LogP contribution in [0.2, 0.25) is 0 Å². The third kappa shape index (κ3) is 2.47. The predicted octanol–water partition coefficient (Wildman–Crippen LogP) is 2.48. The monoisotopic (exact) mass is 339 g/mol. The summed E-state index contributed by atoms with van der Waals surface area (Å²) in [5.41, 5.74) is -1.11. The van der Waals surface area contributed by atoms with E-state index in [0.717, 1.165) is 0 Å². The minimum Gasteiger partial charge on any atom is -0.456 e. The van der Waals surface area contributed by atoms with Crippen molar-refractivity contribution in [2.75, 3.05) is 6.61 Å². The number of nitrogens with zero attached hydrogens (tertiary/aromatic N) is 1. The van der Waals surface area contributed by atoms with Gasteiger partial charge in [0.2, 0.25) is 11.6 Å². The molecule has 1 aliphatic carbocycles. The summed E-state index contributed by atoms with van der Waals surface area (Å²) in [6.07, 6.45) is -3.44. The van der Waals surface area contributed by atoms with Crippen molar-refractivity contribution in [1.29, 1.82) is 0 Å². The number of hydrogen-bond acceptors (Lipinski definition) is 6. The number of carbonyl (C=O) groups is 3. The van der Waals surface area contributed by atoms with Crippen LogP contribution in [0.5, 0.6) is 0 Å². The summed E-state index contributed by atoms with van der Waals surface area (Å²) >= 11 is 0. The number of ether oxygens (including phenoxy) is 1. The van der Waals surface area contributed by atoms with Gasteiger partial charge < -0.3 is 9.15 Å². The SMILES string of the molecule is Cc1oc2c(c1C(=O)OCC(F)(F)F)C(=O)c1ncccc1C2=O. The second kappa shape index (κ2) is 5.29. The van der Waals surface area contributed by atoms with Gasteiger partial charge in [0.05, 0.1) is 11.1 Å². The highest BCUT2D eigenvalue weighted by Gasteiger charge is 2.40. The maximum Gasteiger partial charge on any atom is 0.422 e. The Morgan fingerprint density at radius 1 is 1.29 bits per heavy atom. The van der Waals surface area contributed by atoms with Crippen LogP contribution >= 0.6 is 0 Å². The second-order valence-corrected chi connectivity index (χ2v) is 4.99. The predicted molar refractivity (Wildman–Crippen MR) is 70.9 cm³/mol. The van der Waals surface area contributed by atoms with Gasteiger partial charge in [0.25, 0.3) is 0 Å². The van der Waals surface area contributed by atoms with Gasteiger partial charge in [-0.1, -0.05) is 0 Å². The molecule has 0 aromatic carbocycles. The van der Waals surface area contributed by atoms with Gasteiger partial charge in [0, 0.05) is 6.20 Å². The maximum absolute atomic E-state index is 12.5. The van der Waals surface area contributed by atoms with Crippen molar-refractivity contribution in [3.63, 3.8) is 0 Å². The minimum atomic E-state index is -4.72. The van der Waals surface area contributed by atoms with E-state index in [1.165, 1.54) is 25.3 Å². The van der Waals surface area contributed by atoms with Crippen molar-refractivity contribution in [2.45, 2.75) is 13.1 Å². The number of halogens is 3. The molecule has 0 spiro atoms. The standard InChI is InChI=1S/C15H8F3NO5/c1-6-8(14(22)23-5-15(16,17)18)9-12(21)10-7(3-2-4-19-10)11(20)13(9)24-6/h2-4H,5H2,1H3. The number of fused-ring (bicyclic) bond motifs is 2. The molecule has 0 bridgehead atoms. The van der Waals surface area contributed by atoms with Crippen molar-refractivity contribution in [2.24, 2.45) is 0 Å². The highest BCUT2D eigenvalue weighted by molar-refractivity contribution is 6.29. The number of aryl methyl sites for hydroxylation is 1. The molecular formula is C15H8F3NO5. The molecule has 2 heterocycles. The van der Waals surface area contributed by atoms with E-state index < -0.39 is 47.2 Å². The second-order valence-electron chi connectivity index (χ2n) is 4.99. The van der Waals surface area contributed by atoms with E-state index >= 15 is 0 Å². The number of pyridine rings is 1. The van der Waals surface area contributed by atoms with Gasteiger partial charge >= 0.3 is 12.1 Å². The lowest BCUT2D eigenvalue weighted by Gasteiger charge is -2.13. The average Bonchev–Trinajstić information content (AvgIpc) is 2.87. The van der Waals surface area contributed by atoms with Crippen molar-refractivity contribution >= 4 is 17.5 Å². The third-order valence-electron chi connectivity index (χ3n) is 3.36. The molecule has 0 radical (unpaired) electrons. The quantitative estimate of drug-likeness (QED) is 0.667. The van der Waals surface area contributed by atoms with Gasteiger partial charge in [-0.05, 0) is 19.1 Å². The molecule has 0 atom stereocenters. The topological polar surface area (TPSA) is 86.5 Å². The zero-order valence-electron chi connectivity index (χ0n) is 12.1. The zero-order valence-corrected chi connectivity index (χ0v) is 12.1. The fraction of sp³-hybridized carbons (Fsp3) is 0.200. The lowest BCUT2D eigenvalue weighted by molar-refractivity contribution is -0.161. The third-order valence-corrected chi connectivity index (χ3v) is 3.36. The number of rotatable bonds is 2. The molecule has 0 fully saturated rings. The number of hydrogen-bond donors (Lipinski definition) is 0. The molecule has 0 unspecified atom stereocenters. The summed E-state index contributed by atoms with van der Waals surface area (Å²) in [7, 11) is 0. The molecule has 2 aromatic heterocycles. The van der Waals surface area contributed by atoms with Crippen LogP contribution in [0.4, 0.5) is 13.2 Å². The lowest BCUT2D eigenvalue weighted by atomic mass is 9.90. The van der Waals surface area contributed by atoms with Gasteiger partial charge in [0.15, 0.2) is 12.4 Å². The van der Waals surface area contributed by atoms with Crippen LogP contribution in [0.25, 0.3) is 0 Å². The Kier molecular flexibility index (Phi) is 3.51. The van der Waals surface area contributed by atoms with Gasteiger partial charge in [-0.2, -0.15) is 13.2 Å². The number of aromatic nitrogens is 1. The van der Waals surface area contributed by atoms with Crippen LogP contribution in [0.1, 0.15) is 48.3 Å². The Bertz CT molecular complexity index is 882. The zero-order chi connectivity index (χ0) is 17.6. The van der Waals surface area contributed by atoms with E-state index in [4.69, 9.17) is 4.42 Å². The molecule has 9 heteroatoms. The average molecular weight is 339 g/mol. The number of esters is 1. The summed E-state index contributed by atoms with van der Waals surface area (Å²) in [4.78, 5) is 40.6. The number of furan rings is 1. The number of ketones is 2. The summed E-state index contributed by atoms with van der Waals surface area (Å²) in [5, 5.41) is 0. The van der Waals surface area contributed by atoms with Crippen LogP contribution < -0.4 is 0 Å². The number of carbonyl (C=O) groups excluding carboxylic acids is 3. The first kappa shape index (κ1) is 15.9. The van der Waals surface area contributed by atoms with Gasteiger partial charge in [-0.25, -0.2) is 4.79 Å². The Balaban J connectivity index is 2.07. The molecule has 2 aromatic rings. The van der Waals surface area contributed by atoms with Crippen LogP contribution in [0.3, 0.4) is 0 Å². The molecule has 6 nitrogen and oxygen atoms in total. The van der Waals surface area contributed by atoms with E-state index in [-0.39, 0.29) is 17.0 Å². The van der Waals surface area contributed by atoms with Gasteiger partial charge in [0.1, 0.15) is 17.0 Å². The first-order valence-electron chi connectivity index (χ1n) is 6.62. The van der Waals surface area contributed by atoms with E-state index in [0.29, 0.717) is 0 Å². The molecule has 3 rings (SSSR count). The summed E-state index contributed by atoms with van der Waals surface area (Å²) < 4.78 is 45.9. The minimum absolute atomic E-state index is 0.000964. The van der Waals surface area contributed by atoms with Crippen molar-refractivity contribution in [3.05, 3.63) is 52.2 Å². The van der Waals surface area contributed by atoms with Crippen LogP contribution in [-0.4, -0.2) is 35.3 Å². The maximum atomic E-state index is 12.5. The highest BCUT2D eigenvalue weighted by atomic mass is 19.4. The molecule has 1 aliphatic rings.